The van der Waals surface area contributed by atoms with E-state index in [4.69, 9.17) is 9.84 Å². The number of aryl methyl sites for hydroxylation is 1. The standard InChI is InChI=1S/C14H16F3NO4/c1-22-11-4-2-8(6-9(11)15)3-5-13(19)18-10(14(20)21)7-12(16)17/h2,4,6,10,12H,3,5,7H2,1H3,(H,18,19)(H,20,21). The highest BCUT2D eigenvalue weighted by Gasteiger charge is 2.23. The van der Waals surface area contributed by atoms with Crippen molar-refractivity contribution in [3.05, 3.63) is 29.6 Å². The smallest absolute Gasteiger partial charge is 0.326 e. The fraction of sp³-hybridized carbons (Fsp3) is 0.429. The number of aliphatic carboxylic acids is 1. The molecule has 0 aliphatic carbocycles. The normalized spacial score (nSPS) is 12.0. The Morgan fingerprint density at radius 1 is 1.36 bits per heavy atom. The monoisotopic (exact) mass is 319 g/mol. The molecule has 1 aromatic carbocycles. The molecule has 0 heterocycles. The van der Waals surface area contributed by atoms with Gasteiger partial charge < -0.3 is 15.2 Å². The van der Waals surface area contributed by atoms with Gasteiger partial charge in [-0.3, -0.25) is 4.79 Å². The molecule has 0 aromatic heterocycles. The van der Waals surface area contributed by atoms with E-state index in [1.165, 1.54) is 19.2 Å². The number of carbonyl (C=O) groups excluding carboxylic acids is 1. The SMILES string of the molecule is COc1ccc(CCC(=O)NC(CC(F)F)C(=O)O)cc1F. The lowest BCUT2D eigenvalue weighted by molar-refractivity contribution is -0.143. The number of methoxy groups -OCH3 is 1. The van der Waals surface area contributed by atoms with Crippen LogP contribution >= 0.6 is 0 Å². The van der Waals surface area contributed by atoms with E-state index in [-0.39, 0.29) is 18.6 Å². The molecular weight excluding hydrogens is 303 g/mol. The molecule has 0 fully saturated rings. The maximum Gasteiger partial charge on any atom is 0.326 e. The summed E-state index contributed by atoms with van der Waals surface area (Å²) in [7, 11) is 1.32. The van der Waals surface area contributed by atoms with Crippen LogP contribution in [0.15, 0.2) is 18.2 Å². The highest BCUT2D eigenvalue weighted by Crippen LogP contribution is 2.18. The number of carboxylic acid groups (broad SMARTS) is 1. The minimum atomic E-state index is -2.84. The van der Waals surface area contributed by atoms with Crippen LogP contribution in [0.1, 0.15) is 18.4 Å². The van der Waals surface area contributed by atoms with Gasteiger partial charge in [0, 0.05) is 12.8 Å². The molecule has 22 heavy (non-hydrogen) atoms. The van der Waals surface area contributed by atoms with Crippen LogP contribution in [0.2, 0.25) is 0 Å². The van der Waals surface area contributed by atoms with Gasteiger partial charge in [-0.25, -0.2) is 18.0 Å². The van der Waals surface area contributed by atoms with Crippen molar-refractivity contribution in [3.8, 4) is 5.75 Å². The van der Waals surface area contributed by atoms with Gasteiger partial charge in [0.05, 0.1) is 7.11 Å². The molecule has 8 heteroatoms. The summed E-state index contributed by atoms with van der Waals surface area (Å²) >= 11 is 0. The minimum Gasteiger partial charge on any atom is -0.494 e. The van der Waals surface area contributed by atoms with Crippen LogP contribution in [0.3, 0.4) is 0 Å². The van der Waals surface area contributed by atoms with E-state index in [1.54, 1.807) is 6.07 Å². The van der Waals surface area contributed by atoms with E-state index in [0.717, 1.165) is 0 Å². The average Bonchev–Trinajstić information content (AvgIpc) is 2.44. The van der Waals surface area contributed by atoms with Crippen LogP contribution in [0.25, 0.3) is 0 Å². The number of halogens is 3. The van der Waals surface area contributed by atoms with Crippen molar-refractivity contribution in [2.75, 3.05) is 7.11 Å². The van der Waals surface area contributed by atoms with Crippen molar-refractivity contribution >= 4 is 11.9 Å². The number of ether oxygens (including phenoxy) is 1. The number of alkyl halides is 2. The van der Waals surface area contributed by atoms with Crippen molar-refractivity contribution in [2.45, 2.75) is 31.7 Å². The lowest BCUT2D eigenvalue weighted by atomic mass is 10.1. The summed E-state index contributed by atoms with van der Waals surface area (Å²) in [6, 6.07) is 2.52. The van der Waals surface area contributed by atoms with Gasteiger partial charge in [-0.1, -0.05) is 6.07 Å². The summed E-state index contributed by atoms with van der Waals surface area (Å²) in [5, 5.41) is 10.8. The third-order valence-corrected chi connectivity index (χ3v) is 2.90. The van der Waals surface area contributed by atoms with Gasteiger partial charge >= 0.3 is 5.97 Å². The van der Waals surface area contributed by atoms with E-state index in [9.17, 15) is 22.8 Å². The van der Waals surface area contributed by atoms with Gasteiger partial charge in [0.2, 0.25) is 12.3 Å². The number of hydrogen-bond donors (Lipinski definition) is 2. The topological polar surface area (TPSA) is 75.6 Å². The Kier molecular flexibility index (Phi) is 6.68. The Labute approximate surface area is 125 Å². The molecule has 1 rings (SSSR count). The Hall–Kier alpha value is -2.25. The van der Waals surface area contributed by atoms with Gasteiger partial charge in [-0.15, -0.1) is 0 Å². The van der Waals surface area contributed by atoms with Crippen LogP contribution in [0.5, 0.6) is 5.75 Å². The lowest BCUT2D eigenvalue weighted by Crippen LogP contribution is -2.42. The van der Waals surface area contributed by atoms with Crippen LogP contribution in [0.4, 0.5) is 13.2 Å². The molecule has 1 atom stereocenters. The molecule has 1 unspecified atom stereocenters. The fourth-order valence-corrected chi connectivity index (χ4v) is 1.79. The number of benzene rings is 1. The van der Waals surface area contributed by atoms with Crippen LogP contribution in [0, 0.1) is 5.82 Å². The first-order valence-electron chi connectivity index (χ1n) is 6.46. The Balaban J connectivity index is 2.54. The Morgan fingerprint density at radius 2 is 2.05 bits per heavy atom. The third kappa shape index (κ3) is 5.63. The molecule has 0 saturated heterocycles. The number of amides is 1. The number of carboxylic acids is 1. The van der Waals surface area contributed by atoms with E-state index in [2.05, 4.69) is 0 Å². The summed E-state index contributed by atoms with van der Waals surface area (Å²) in [6.45, 7) is 0. The lowest BCUT2D eigenvalue weighted by Gasteiger charge is -2.14. The van der Waals surface area contributed by atoms with Gasteiger partial charge in [-0.05, 0) is 24.1 Å². The molecule has 1 amide bonds. The largest absolute Gasteiger partial charge is 0.494 e. The van der Waals surface area contributed by atoms with Gasteiger partial charge in [0.25, 0.3) is 0 Å². The molecule has 0 saturated carbocycles. The van der Waals surface area contributed by atoms with Crippen LogP contribution in [-0.4, -0.2) is 36.6 Å². The third-order valence-electron chi connectivity index (χ3n) is 2.90. The Morgan fingerprint density at radius 3 is 2.55 bits per heavy atom. The van der Waals surface area contributed by atoms with E-state index < -0.39 is 36.6 Å². The molecule has 0 aliphatic rings. The van der Waals surface area contributed by atoms with Crippen molar-refractivity contribution in [2.24, 2.45) is 0 Å². The molecule has 2 N–H and O–H groups in total. The van der Waals surface area contributed by atoms with Crippen molar-refractivity contribution < 1.29 is 32.6 Å². The van der Waals surface area contributed by atoms with Gasteiger partial charge in [0.1, 0.15) is 6.04 Å². The highest BCUT2D eigenvalue weighted by atomic mass is 19.3. The quantitative estimate of drug-likeness (QED) is 0.768. The zero-order chi connectivity index (χ0) is 16.7. The van der Waals surface area contributed by atoms with Crippen molar-refractivity contribution in [1.29, 1.82) is 0 Å². The summed E-state index contributed by atoms with van der Waals surface area (Å²) < 4.78 is 42.6. The number of hydrogen-bond acceptors (Lipinski definition) is 3. The number of nitrogens with one attached hydrogen (secondary N) is 1. The molecule has 1 aromatic rings. The predicted octanol–water partition coefficient (Wildman–Crippen LogP) is 1.99. The molecule has 5 nitrogen and oxygen atoms in total. The summed E-state index contributed by atoms with van der Waals surface area (Å²) in [6.07, 6.45) is -3.79. The minimum absolute atomic E-state index is 0.0658. The van der Waals surface area contributed by atoms with E-state index in [1.807, 2.05) is 5.32 Å². The first-order valence-corrected chi connectivity index (χ1v) is 6.46. The summed E-state index contributed by atoms with van der Waals surface area (Å²) in [4.78, 5) is 22.3. The Bertz CT molecular complexity index is 537. The van der Waals surface area contributed by atoms with Crippen molar-refractivity contribution in [3.63, 3.8) is 0 Å². The second kappa shape index (κ2) is 8.26. The first-order chi connectivity index (χ1) is 10.3. The first kappa shape index (κ1) is 17.8. The van der Waals surface area contributed by atoms with Crippen LogP contribution in [-0.2, 0) is 16.0 Å². The van der Waals surface area contributed by atoms with E-state index in [0.29, 0.717) is 5.56 Å². The second-order valence-corrected chi connectivity index (χ2v) is 4.55. The van der Waals surface area contributed by atoms with Gasteiger partial charge in [0.15, 0.2) is 11.6 Å². The number of rotatable bonds is 8. The predicted molar refractivity (Wildman–Crippen MR) is 71.5 cm³/mol. The van der Waals surface area contributed by atoms with Crippen molar-refractivity contribution in [1.82, 2.24) is 5.32 Å². The van der Waals surface area contributed by atoms with E-state index >= 15 is 0 Å². The molecular formula is C14H16F3NO4. The maximum atomic E-state index is 13.4. The fourth-order valence-electron chi connectivity index (χ4n) is 1.79. The van der Waals surface area contributed by atoms with Crippen LogP contribution < -0.4 is 10.1 Å². The number of carbonyl (C=O) groups is 2. The zero-order valence-corrected chi connectivity index (χ0v) is 11.8. The molecule has 0 spiro atoms. The summed E-state index contributed by atoms with van der Waals surface area (Å²) in [5.74, 6) is -2.73. The summed E-state index contributed by atoms with van der Waals surface area (Å²) in [5.41, 5.74) is 0.509. The molecule has 0 radical (unpaired) electrons. The van der Waals surface area contributed by atoms with Gasteiger partial charge in [-0.2, -0.15) is 0 Å². The zero-order valence-electron chi connectivity index (χ0n) is 11.8. The second-order valence-electron chi connectivity index (χ2n) is 4.55. The molecule has 0 bridgehead atoms. The molecule has 0 aliphatic heterocycles. The maximum absolute atomic E-state index is 13.4. The highest BCUT2D eigenvalue weighted by molar-refractivity contribution is 5.83. The molecule has 122 valence electrons. The average molecular weight is 319 g/mol.